The summed E-state index contributed by atoms with van der Waals surface area (Å²) < 4.78 is 0.968. The number of anilines is 1. The summed E-state index contributed by atoms with van der Waals surface area (Å²) in [6.45, 7) is 2.34. The largest absolute Gasteiger partial charge is 0.380 e. The van der Waals surface area contributed by atoms with Crippen molar-refractivity contribution < 1.29 is 0 Å². The minimum atomic E-state index is 0.560. The quantitative estimate of drug-likeness (QED) is 0.892. The van der Waals surface area contributed by atoms with Gasteiger partial charge in [0.15, 0.2) is 0 Å². The van der Waals surface area contributed by atoms with E-state index in [9.17, 15) is 0 Å². The molecule has 0 aromatic carbocycles. The summed E-state index contributed by atoms with van der Waals surface area (Å²) >= 11 is 3.44. The van der Waals surface area contributed by atoms with Gasteiger partial charge in [0.2, 0.25) is 0 Å². The molecule has 2 atom stereocenters. The minimum Gasteiger partial charge on any atom is -0.380 e. The molecule has 0 amide bonds. The molecule has 19 heavy (non-hydrogen) atoms. The monoisotopic (exact) mass is 319 g/mol. The summed E-state index contributed by atoms with van der Waals surface area (Å²) in [5.41, 5.74) is 3.00. The molecule has 2 aromatic heterocycles. The van der Waals surface area contributed by atoms with Crippen molar-refractivity contribution in [1.82, 2.24) is 9.97 Å². The number of hydrogen-bond donors (Lipinski definition) is 1. The molecule has 1 saturated carbocycles. The zero-order chi connectivity index (χ0) is 13.2. The van der Waals surface area contributed by atoms with Crippen LogP contribution in [0.3, 0.4) is 0 Å². The Morgan fingerprint density at radius 1 is 1.26 bits per heavy atom. The first kappa shape index (κ1) is 12.9. The second-order valence-electron chi connectivity index (χ2n) is 5.39. The number of nitrogens with zero attached hydrogens (tertiary/aromatic N) is 2. The number of halogens is 1. The number of nitrogens with one attached hydrogen (secondary N) is 1. The van der Waals surface area contributed by atoms with Crippen molar-refractivity contribution in [3.05, 3.63) is 29.0 Å². The van der Waals surface area contributed by atoms with Gasteiger partial charge in [-0.15, -0.1) is 0 Å². The maximum Gasteiger partial charge on any atom is 0.112 e. The van der Waals surface area contributed by atoms with Crippen LogP contribution in [0.4, 0.5) is 5.69 Å². The average Bonchev–Trinajstić information content (AvgIpc) is 2.41. The highest BCUT2D eigenvalue weighted by Crippen LogP contribution is 2.29. The van der Waals surface area contributed by atoms with Gasteiger partial charge >= 0.3 is 0 Å². The van der Waals surface area contributed by atoms with Crippen molar-refractivity contribution in [2.24, 2.45) is 5.92 Å². The van der Waals surface area contributed by atoms with Gasteiger partial charge < -0.3 is 5.32 Å². The molecule has 3 rings (SSSR count). The van der Waals surface area contributed by atoms with Crippen LogP contribution in [0.25, 0.3) is 11.0 Å². The summed E-state index contributed by atoms with van der Waals surface area (Å²) in [5, 5.41) is 3.68. The van der Waals surface area contributed by atoms with E-state index < -0.39 is 0 Å². The Kier molecular flexibility index (Phi) is 3.69. The molecule has 1 fully saturated rings. The topological polar surface area (TPSA) is 37.8 Å². The molecule has 0 bridgehead atoms. The van der Waals surface area contributed by atoms with E-state index in [-0.39, 0.29) is 0 Å². The molecule has 100 valence electrons. The van der Waals surface area contributed by atoms with Crippen molar-refractivity contribution in [2.75, 3.05) is 5.32 Å². The summed E-state index contributed by atoms with van der Waals surface area (Å²) in [6, 6.07) is 4.60. The number of aromatic nitrogens is 2. The predicted molar refractivity (Wildman–Crippen MR) is 82.3 cm³/mol. The lowest BCUT2D eigenvalue weighted by molar-refractivity contribution is 0.350. The summed E-state index contributed by atoms with van der Waals surface area (Å²) in [5.74, 6) is 0.729. The Hall–Kier alpha value is -1.16. The van der Waals surface area contributed by atoms with Crippen molar-refractivity contribution in [3.8, 4) is 0 Å². The zero-order valence-electron chi connectivity index (χ0n) is 11.1. The fourth-order valence-electron chi connectivity index (χ4n) is 2.85. The van der Waals surface area contributed by atoms with E-state index in [0.29, 0.717) is 6.04 Å². The maximum atomic E-state index is 4.50. The Labute approximate surface area is 122 Å². The molecule has 3 nitrogen and oxygen atoms in total. The summed E-state index contributed by atoms with van der Waals surface area (Å²) in [7, 11) is 0. The van der Waals surface area contributed by atoms with Gasteiger partial charge in [0.25, 0.3) is 0 Å². The molecule has 4 heteroatoms. The van der Waals surface area contributed by atoms with E-state index in [1.807, 2.05) is 24.5 Å². The van der Waals surface area contributed by atoms with E-state index in [4.69, 9.17) is 0 Å². The van der Waals surface area contributed by atoms with Gasteiger partial charge in [-0.3, -0.25) is 9.97 Å². The molecule has 0 aliphatic heterocycles. The first-order valence-corrected chi connectivity index (χ1v) is 7.70. The third-order valence-electron chi connectivity index (χ3n) is 4.00. The summed E-state index contributed by atoms with van der Waals surface area (Å²) in [4.78, 5) is 8.88. The lowest BCUT2D eigenvalue weighted by Crippen LogP contribution is -2.30. The second kappa shape index (κ2) is 5.45. The van der Waals surface area contributed by atoms with Crippen LogP contribution in [-0.2, 0) is 0 Å². The Morgan fingerprint density at radius 2 is 2.11 bits per heavy atom. The van der Waals surface area contributed by atoms with Crippen LogP contribution in [0, 0.1) is 5.92 Å². The molecular formula is C15H18BrN3. The minimum absolute atomic E-state index is 0.560. The molecule has 0 radical (unpaired) electrons. The molecule has 1 aliphatic rings. The maximum absolute atomic E-state index is 4.50. The van der Waals surface area contributed by atoms with E-state index in [0.717, 1.165) is 27.1 Å². The van der Waals surface area contributed by atoms with Crippen LogP contribution in [0.1, 0.15) is 32.6 Å². The highest BCUT2D eigenvalue weighted by molar-refractivity contribution is 9.10. The highest BCUT2D eigenvalue weighted by atomic mass is 79.9. The van der Waals surface area contributed by atoms with Gasteiger partial charge in [-0.05, 0) is 46.8 Å². The van der Waals surface area contributed by atoms with Crippen molar-refractivity contribution >= 4 is 32.7 Å². The Morgan fingerprint density at radius 3 is 2.95 bits per heavy atom. The molecule has 2 aromatic rings. The van der Waals surface area contributed by atoms with Crippen molar-refractivity contribution in [1.29, 1.82) is 0 Å². The predicted octanol–water partition coefficient (Wildman–Crippen LogP) is 4.38. The van der Waals surface area contributed by atoms with E-state index in [1.165, 1.54) is 25.7 Å². The van der Waals surface area contributed by atoms with Gasteiger partial charge in [0.05, 0.1) is 11.2 Å². The van der Waals surface area contributed by atoms with Crippen LogP contribution in [-0.4, -0.2) is 16.0 Å². The van der Waals surface area contributed by atoms with Gasteiger partial charge in [0, 0.05) is 22.9 Å². The first-order valence-electron chi connectivity index (χ1n) is 6.91. The van der Waals surface area contributed by atoms with Crippen LogP contribution in [0.5, 0.6) is 0 Å². The fourth-order valence-corrected chi connectivity index (χ4v) is 3.17. The number of hydrogen-bond acceptors (Lipinski definition) is 3. The smallest absolute Gasteiger partial charge is 0.112 e. The highest BCUT2D eigenvalue weighted by Gasteiger charge is 2.21. The van der Waals surface area contributed by atoms with Gasteiger partial charge in [-0.2, -0.15) is 0 Å². The third-order valence-corrected chi connectivity index (χ3v) is 4.43. The molecule has 0 saturated heterocycles. The standard InChI is InChI=1S/C15H18BrN3/c1-10-4-2-3-5-12(10)19-13-6-7-17-14-8-11(16)9-18-15(13)14/h6-10,12H,2-5H2,1H3,(H,17,19). The summed E-state index contributed by atoms with van der Waals surface area (Å²) in [6.07, 6.45) is 8.94. The average molecular weight is 320 g/mol. The van der Waals surface area contributed by atoms with Crippen molar-refractivity contribution in [2.45, 2.75) is 38.6 Å². The van der Waals surface area contributed by atoms with Crippen LogP contribution in [0.2, 0.25) is 0 Å². The zero-order valence-corrected chi connectivity index (χ0v) is 12.7. The molecule has 1 N–H and O–H groups in total. The van der Waals surface area contributed by atoms with Crippen LogP contribution in [0.15, 0.2) is 29.0 Å². The van der Waals surface area contributed by atoms with Gasteiger partial charge in [-0.25, -0.2) is 0 Å². The first-order chi connectivity index (χ1) is 9.24. The SMILES string of the molecule is CC1CCCCC1Nc1ccnc2cc(Br)cnc12. The fraction of sp³-hybridized carbons (Fsp3) is 0.467. The lowest BCUT2D eigenvalue weighted by atomic mass is 9.86. The van der Waals surface area contributed by atoms with Gasteiger partial charge in [-0.1, -0.05) is 19.8 Å². The molecule has 1 aliphatic carbocycles. The van der Waals surface area contributed by atoms with Gasteiger partial charge in [0.1, 0.15) is 5.52 Å². The Bertz CT molecular complexity index is 585. The molecule has 0 spiro atoms. The normalized spacial score (nSPS) is 23.5. The number of pyridine rings is 2. The van der Waals surface area contributed by atoms with E-state index >= 15 is 0 Å². The molecule has 2 heterocycles. The molecular weight excluding hydrogens is 302 g/mol. The van der Waals surface area contributed by atoms with Crippen LogP contribution >= 0.6 is 15.9 Å². The number of rotatable bonds is 2. The van der Waals surface area contributed by atoms with E-state index in [1.54, 1.807) is 0 Å². The third kappa shape index (κ3) is 2.73. The Balaban J connectivity index is 1.92. The van der Waals surface area contributed by atoms with E-state index in [2.05, 4.69) is 38.1 Å². The van der Waals surface area contributed by atoms with Crippen molar-refractivity contribution in [3.63, 3.8) is 0 Å². The second-order valence-corrected chi connectivity index (χ2v) is 6.31. The number of fused-ring (bicyclic) bond motifs is 1. The van der Waals surface area contributed by atoms with Crippen LogP contribution < -0.4 is 5.32 Å². The molecule has 2 unspecified atom stereocenters. The lowest BCUT2D eigenvalue weighted by Gasteiger charge is -2.30.